The highest BCUT2D eigenvalue weighted by Gasteiger charge is 2.36. The highest BCUT2D eigenvalue weighted by atomic mass is 32.2. The smallest absolute Gasteiger partial charge is 0.128 e. The van der Waals surface area contributed by atoms with Crippen molar-refractivity contribution in [3.63, 3.8) is 0 Å². The van der Waals surface area contributed by atoms with Crippen LogP contribution < -0.4 is 0 Å². The first-order chi connectivity index (χ1) is 8.31. The van der Waals surface area contributed by atoms with Crippen LogP contribution in [0.15, 0.2) is 24.3 Å². The highest BCUT2D eigenvalue weighted by Crippen LogP contribution is 2.36. The van der Waals surface area contributed by atoms with Crippen LogP contribution in [0.5, 0.6) is 0 Å². The summed E-state index contributed by atoms with van der Waals surface area (Å²) in [5.41, 5.74) is 2.46. The van der Waals surface area contributed by atoms with Crippen LogP contribution >= 0.6 is 11.8 Å². The minimum Gasteiger partial charge on any atom is -0.348 e. The predicted octanol–water partition coefficient (Wildman–Crippen LogP) is 3.11. The van der Waals surface area contributed by atoms with E-state index in [-0.39, 0.29) is 0 Å². The van der Waals surface area contributed by atoms with E-state index in [2.05, 4.69) is 29.4 Å². The molecule has 17 heavy (non-hydrogen) atoms. The lowest BCUT2D eigenvalue weighted by Gasteiger charge is -2.30. The summed E-state index contributed by atoms with van der Waals surface area (Å²) < 4.78 is 0. The van der Waals surface area contributed by atoms with E-state index in [0.29, 0.717) is 11.3 Å². The number of hydrogen-bond acceptors (Lipinski definition) is 2. The van der Waals surface area contributed by atoms with Gasteiger partial charge >= 0.3 is 0 Å². The normalized spacial score (nSPS) is 27.6. The fourth-order valence-corrected chi connectivity index (χ4v) is 4.13. The molecule has 1 saturated carbocycles. The van der Waals surface area contributed by atoms with Crippen molar-refractivity contribution in [1.82, 2.24) is 4.90 Å². The quantitative estimate of drug-likeness (QED) is 0.868. The van der Waals surface area contributed by atoms with E-state index in [4.69, 9.17) is 5.41 Å². The number of thioether (sulfide) groups is 1. The van der Waals surface area contributed by atoms with Gasteiger partial charge in [0.2, 0.25) is 0 Å². The summed E-state index contributed by atoms with van der Waals surface area (Å²) in [7, 11) is 0. The Morgan fingerprint density at radius 3 is 2.88 bits per heavy atom. The largest absolute Gasteiger partial charge is 0.348 e. The Hall–Kier alpha value is -0.960. The minimum absolute atomic E-state index is 0.574. The van der Waals surface area contributed by atoms with E-state index < -0.39 is 0 Å². The summed E-state index contributed by atoms with van der Waals surface area (Å²) in [6.45, 7) is 0.941. The van der Waals surface area contributed by atoms with Gasteiger partial charge in [0, 0.05) is 23.4 Å². The molecule has 2 unspecified atom stereocenters. The molecule has 1 aliphatic carbocycles. The fraction of sp³-hybridized carbons (Fsp3) is 0.500. The van der Waals surface area contributed by atoms with Crippen molar-refractivity contribution in [3.05, 3.63) is 35.4 Å². The molecule has 0 bridgehead atoms. The summed E-state index contributed by atoms with van der Waals surface area (Å²) in [6.07, 6.45) is 6.08. The summed E-state index contributed by atoms with van der Waals surface area (Å²) in [5, 5.41) is 9.05. The maximum absolute atomic E-state index is 8.33. The molecule has 0 amide bonds. The lowest BCUT2D eigenvalue weighted by molar-refractivity contribution is 0.324. The van der Waals surface area contributed by atoms with Crippen molar-refractivity contribution in [2.75, 3.05) is 6.26 Å². The Balaban J connectivity index is 1.86. The number of fused-ring (bicyclic) bond motifs is 1. The van der Waals surface area contributed by atoms with Gasteiger partial charge in [-0.25, -0.2) is 0 Å². The van der Waals surface area contributed by atoms with Gasteiger partial charge in [-0.05, 0) is 24.7 Å². The molecule has 3 rings (SSSR count). The molecule has 1 aliphatic heterocycles. The lowest BCUT2D eigenvalue weighted by Crippen LogP contribution is -2.39. The molecule has 1 aromatic rings. The Labute approximate surface area is 107 Å². The van der Waals surface area contributed by atoms with Crippen molar-refractivity contribution in [1.29, 1.82) is 5.41 Å². The molecular formula is C14H18N2S. The zero-order chi connectivity index (χ0) is 11.8. The first kappa shape index (κ1) is 11.1. The molecular weight excluding hydrogens is 228 g/mol. The van der Waals surface area contributed by atoms with Crippen LogP contribution in [0.1, 0.15) is 30.4 Å². The zero-order valence-electron chi connectivity index (χ0n) is 10.1. The Morgan fingerprint density at radius 1 is 1.29 bits per heavy atom. The van der Waals surface area contributed by atoms with Gasteiger partial charge in [0.1, 0.15) is 5.84 Å². The van der Waals surface area contributed by atoms with Crippen LogP contribution in [0.2, 0.25) is 0 Å². The van der Waals surface area contributed by atoms with Gasteiger partial charge in [0.05, 0.1) is 0 Å². The average Bonchev–Trinajstić information content (AvgIpc) is 2.94. The molecule has 2 aliphatic rings. The molecule has 2 atom stereocenters. The fourth-order valence-electron chi connectivity index (χ4n) is 3.13. The number of nitrogens with one attached hydrogen (secondary N) is 1. The third kappa shape index (κ3) is 1.77. The number of amidine groups is 1. The number of hydrogen-bond donors (Lipinski definition) is 1. The van der Waals surface area contributed by atoms with Crippen molar-refractivity contribution in [2.45, 2.75) is 37.1 Å². The first-order valence-corrected chi connectivity index (χ1v) is 7.56. The Bertz CT molecular complexity index is 444. The molecule has 1 heterocycles. The van der Waals surface area contributed by atoms with E-state index in [1.807, 2.05) is 17.8 Å². The van der Waals surface area contributed by atoms with Gasteiger partial charge in [0.25, 0.3) is 0 Å². The van der Waals surface area contributed by atoms with Crippen LogP contribution in [0.25, 0.3) is 0 Å². The summed E-state index contributed by atoms with van der Waals surface area (Å²) >= 11 is 1.97. The second-order valence-electron chi connectivity index (χ2n) is 4.91. The summed E-state index contributed by atoms with van der Waals surface area (Å²) in [4.78, 5) is 2.32. The number of nitrogens with zero attached hydrogens (tertiary/aromatic N) is 1. The van der Waals surface area contributed by atoms with E-state index in [1.54, 1.807) is 0 Å². The van der Waals surface area contributed by atoms with E-state index >= 15 is 0 Å². The van der Waals surface area contributed by atoms with E-state index in [0.717, 1.165) is 17.9 Å². The van der Waals surface area contributed by atoms with Gasteiger partial charge in [-0.3, -0.25) is 5.41 Å². The average molecular weight is 246 g/mol. The van der Waals surface area contributed by atoms with Crippen molar-refractivity contribution >= 4 is 17.6 Å². The predicted molar refractivity (Wildman–Crippen MR) is 73.8 cm³/mol. The van der Waals surface area contributed by atoms with Gasteiger partial charge in [-0.1, -0.05) is 30.7 Å². The summed E-state index contributed by atoms with van der Waals surface area (Å²) in [6, 6.07) is 8.94. The van der Waals surface area contributed by atoms with Crippen LogP contribution in [-0.2, 0) is 6.54 Å². The van der Waals surface area contributed by atoms with Gasteiger partial charge < -0.3 is 4.90 Å². The van der Waals surface area contributed by atoms with Crippen molar-refractivity contribution < 1.29 is 0 Å². The molecule has 2 nitrogen and oxygen atoms in total. The summed E-state index contributed by atoms with van der Waals surface area (Å²) in [5.74, 6) is 0.742. The second kappa shape index (κ2) is 4.37. The maximum atomic E-state index is 8.33. The van der Waals surface area contributed by atoms with Crippen molar-refractivity contribution in [3.8, 4) is 0 Å². The standard InChI is InChI=1S/C14H18N2S/c1-17-13-8-4-7-12(13)16-9-10-5-2-3-6-11(10)14(16)15/h2-3,5-6,12-13,15H,4,7-9H2,1H3. The molecule has 1 fully saturated rings. The topological polar surface area (TPSA) is 27.1 Å². The molecule has 3 heteroatoms. The van der Waals surface area contributed by atoms with Gasteiger partial charge in [-0.2, -0.15) is 11.8 Å². The lowest BCUT2D eigenvalue weighted by atomic mass is 10.1. The van der Waals surface area contributed by atoms with Crippen LogP contribution in [0.4, 0.5) is 0 Å². The first-order valence-electron chi connectivity index (χ1n) is 6.27. The highest BCUT2D eigenvalue weighted by molar-refractivity contribution is 7.99. The molecule has 0 radical (unpaired) electrons. The van der Waals surface area contributed by atoms with Gasteiger partial charge in [0.15, 0.2) is 0 Å². The van der Waals surface area contributed by atoms with E-state index in [9.17, 15) is 0 Å². The molecule has 1 aromatic carbocycles. The van der Waals surface area contributed by atoms with Crippen molar-refractivity contribution in [2.24, 2.45) is 0 Å². The molecule has 0 saturated heterocycles. The zero-order valence-corrected chi connectivity index (χ0v) is 11.0. The SMILES string of the molecule is CSC1CCCC1N1Cc2ccccc2C1=N. The maximum Gasteiger partial charge on any atom is 0.128 e. The monoisotopic (exact) mass is 246 g/mol. The third-order valence-corrected chi connectivity index (χ3v) is 5.18. The van der Waals surface area contributed by atoms with Gasteiger partial charge in [-0.15, -0.1) is 0 Å². The number of benzene rings is 1. The van der Waals surface area contributed by atoms with E-state index in [1.165, 1.54) is 24.8 Å². The Kier molecular flexibility index (Phi) is 2.87. The van der Waals surface area contributed by atoms with Crippen LogP contribution in [-0.4, -0.2) is 28.3 Å². The molecule has 0 aromatic heterocycles. The Morgan fingerprint density at radius 2 is 2.12 bits per heavy atom. The molecule has 0 spiro atoms. The van der Waals surface area contributed by atoms with Crippen LogP contribution in [0.3, 0.4) is 0 Å². The molecule has 1 N–H and O–H groups in total. The second-order valence-corrected chi connectivity index (χ2v) is 5.98. The minimum atomic E-state index is 0.574. The number of rotatable bonds is 2. The third-order valence-electron chi connectivity index (χ3n) is 4.02. The van der Waals surface area contributed by atoms with Crippen LogP contribution in [0, 0.1) is 5.41 Å². The molecule has 90 valence electrons.